The third kappa shape index (κ3) is 3.52. The van der Waals surface area contributed by atoms with Crippen LogP contribution in [0.1, 0.15) is 49.4 Å². The largest absolute Gasteiger partial charge is 0.348 e. The van der Waals surface area contributed by atoms with Crippen molar-refractivity contribution in [1.82, 2.24) is 20.1 Å². The van der Waals surface area contributed by atoms with Gasteiger partial charge in [-0.05, 0) is 38.1 Å². The van der Waals surface area contributed by atoms with Crippen LogP contribution in [0.2, 0.25) is 0 Å². The van der Waals surface area contributed by atoms with Gasteiger partial charge in [0, 0.05) is 17.3 Å². The van der Waals surface area contributed by atoms with Crippen LogP contribution in [0.4, 0.5) is 0 Å². The number of amides is 1. The van der Waals surface area contributed by atoms with Gasteiger partial charge in [-0.2, -0.15) is 0 Å². The molecule has 2 heterocycles. The second-order valence-corrected chi connectivity index (χ2v) is 7.37. The van der Waals surface area contributed by atoms with Crippen molar-refractivity contribution in [1.29, 1.82) is 0 Å². The highest BCUT2D eigenvalue weighted by Gasteiger charge is 2.30. The molecule has 0 aliphatic heterocycles. The summed E-state index contributed by atoms with van der Waals surface area (Å²) in [6.07, 6.45) is 2.42. The summed E-state index contributed by atoms with van der Waals surface area (Å²) in [4.78, 5) is 13.3. The fourth-order valence-corrected chi connectivity index (χ4v) is 3.92. The monoisotopic (exact) mass is 336 g/mol. The van der Waals surface area contributed by atoms with E-state index in [2.05, 4.69) is 27.0 Å². The van der Waals surface area contributed by atoms with Gasteiger partial charge in [0.05, 0.1) is 11.8 Å². The Morgan fingerprint density at radius 3 is 3.00 bits per heavy atom. The number of nitrogens with zero attached hydrogens (tertiary/aromatic N) is 3. The summed E-state index contributed by atoms with van der Waals surface area (Å²) >= 11 is 3.12. The van der Waals surface area contributed by atoms with Gasteiger partial charge in [-0.1, -0.05) is 17.8 Å². The molecule has 7 heteroatoms. The Morgan fingerprint density at radius 2 is 2.36 bits per heavy atom. The van der Waals surface area contributed by atoms with Crippen molar-refractivity contribution in [3.63, 3.8) is 0 Å². The van der Waals surface area contributed by atoms with Gasteiger partial charge < -0.3 is 9.88 Å². The Hall–Kier alpha value is -1.34. The highest BCUT2D eigenvalue weighted by molar-refractivity contribution is 7.99. The van der Waals surface area contributed by atoms with Crippen LogP contribution in [-0.2, 0) is 11.3 Å². The van der Waals surface area contributed by atoms with Crippen LogP contribution in [-0.4, -0.2) is 26.4 Å². The van der Waals surface area contributed by atoms with Gasteiger partial charge in [0.25, 0.3) is 0 Å². The van der Waals surface area contributed by atoms with Crippen molar-refractivity contribution in [3.05, 3.63) is 28.2 Å². The fourth-order valence-electron chi connectivity index (χ4n) is 2.37. The van der Waals surface area contributed by atoms with Crippen LogP contribution in [0, 0.1) is 0 Å². The molecule has 0 aromatic carbocycles. The van der Waals surface area contributed by atoms with E-state index in [4.69, 9.17) is 0 Å². The average molecular weight is 336 g/mol. The first-order valence-corrected chi connectivity index (χ1v) is 9.44. The van der Waals surface area contributed by atoms with Crippen LogP contribution < -0.4 is 5.32 Å². The molecule has 1 amide bonds. The van der Waals surface area contributed by atoms with E-state index in [-0.39, 0.29) is 11.9 Å². The molecule has 2 aromatic heterocycles. The summed E-state index contributed by atoms with van der Waals surface area (Å²) in [7, 11) is 0. The van der Waals surface area contributed by atoms with Crippen LogP contribution in [0.3, 0.4) is 0 Å². The number of thioether (sulfide) groups is 1. The SMILES string of the molecule is CCn1c(SCC(=O)N[C@@H](C)c2cccs2)nnc1C1CC1. The van der Waals surface area contributed by atoms with Crippen molar-refractivity contribution >= 4 is 29.0 Å². The number of carbonyl (C=O) groups excluding carboxylic acids is 1. The zero-order valence-electron chi connectivity index (χ0n) is 12.8. The highest BCUT2D eigenvalue weighted by Crippen LogP contribution is 2.39. The minimum absolute atomic E-state index is 0.0320. The molecule has 1 saturated carbocycles. The lowest BCUT2D eigenvalue weighted by Gasteiger charge is -2.12. The molecule has 0 spiro atoms. The van der Waals surface area contributed by atoms with Gasteiger partial charge >= 0.3 is 0 Å². The quantitative estimate of drug-likeness (QED) is 0.789. The van der Waals surface area contributed by atoms with E-state index in [1.165, 1.54) is 29.5 Å². The first kappa shape index (κ1) is 15.6. The van der Waals surface area contributed by atoms with Crippen molar-refractivity contribution in [3.8, 4) is 0 Å². The number of aromatic nitrogens is 3. The molecule has 22 heavy (non-hydrogen) atoms. The van der Waals surface area contributed by atoms with E-state index in [0.29, 0.717) is 11.7 Å². The second kappa shape index (κ2) is 6.83. The smallest absolute Gasteiger partial charge is 0.230 e. The second-order valence-electron chi connectivity index (χ2n) is 5.45. The van der Waals surface area contributed by atoms with E-state index in [0.717, 1.165) is 17.5 Å². The van der Waals surface area contributed by atoms with Gasteiger partial charge in [0.15, 0.2) is 5.16 Å². The van der Waals surface area contributed by atoms with Crippen molar-refractivity contribution in [2.45, 2.75) is 50.4 Å². The summed E-state index contributed by atoms with van der Waals surface area (Å²) in [5, 5.41) is 14.4. The zero-order valence-corrected chi connectivity index (χ0v) is 14.4. The molecule has 1 atom stereocenters. The van der Waals surface area contributed by atoms with E-state index >= 15 is 0 Å². The first-order chi connectivity index (χ1) is 10.7. The third-order valence-electron chi connectivity index (χ3n) is 3.68. The molecular weight excluding hydrogens is 316 g/mol. The number of rotatable bonds is 7. The Balaban J connectivity index is 1.55. The minimum Gasteiger partial charge on any atom is -0.348 e. The molecule has 0 radical (unpaired) electrons. The summed E-state index contributed by atoms with van der Waals surface area (Å²) in [5.41, 5.74) is 0. The number of hydrogen-bond donors (Lipinski definition) is 1. The molecule has 0 bridgehead atoms. The van der Waals surface area contributed by atoms with Crippen molar-refractivity contribution < 1.29 is 4.79 Å². The van der Waals surface area contributed by atoms with E-state index in [9.17, 15) is 4.79 Å². The number of thiophene rings is 1. The Kier molecular flexibility index (Phi) is 4.83. The maximum atomic E-state index is 12.1. The summed E-state index contributed by atoms with van der Waals surface area (Å²) < 4.78 is 2.14. The topological polar surface area (TPSA) is 59.8 Å². The van der Waals surface area contributed by atoms with Gasteiger partial charge in [0.1, 0.15) is 5.82 Å². The zero-order chi connectivity index (χ0) is 15.5. The normalized spacial score (nSPS) is 15.7. The Morgan fingerprint density at radius 1 is 1.55 bits per heavy atom. The molecule has 118 valence electrons. The minimum atomic E-state index is 0.0320. The van der Waals surface area contributed by atoms with Gasteiger partial charge in [-0.15, -0.1) is 21.5 Å². The maximum Gasteiger partial charge on any atom is 0.230 e. The first-order valence-electron chi connectivity index (χ1n) is 7.57. The molecule has 3 rings (SSSR count). The fraction of sp³-hybridized carbons (Fsp3) is 0.533. The molecule has 0 unspecified atom stereocenters. The average Bonchev–Trinajstić information content (AvgIpc) is 3.05. The van der Waals surface area contributed by atoms with Crippen molar-refractivity contribution in [2.24, 2.45) is 0 Å². The van der Waals surface area contributed by atoms with Crippen LogP contribution in [0.5, 0.6) is 0 Å². The standard InChI is InChI=1S/C15H20N4OS2/c1-3-19-14(11-6-7-11)17-18-15(19)22-9-13(20)16-10(2)12-5-4-8-21-12/h4-5,8,10-11H,3,6-7,9H2,1-2H3,(H,16,20)/t10-/m0/s1. The van der Waals surface area contributed by atoms with Gasteiger partial charge in [-0.25, -0.2) is 0 Å². The maximum absolute atomic E-state index is 12.1. The third-order valence-corrected chi connectivity index (χ3v) is 5.71. The van der Waals surface area contributed by atoms with Gasteiger partial charge in [0.2, 0.25) is 5.91 Å². The van der Waals surface area contributed by atoms with E-state index in [1.807, 2.05) is 24.4 Å². The van der Waals surface area contributed by atoms with Crippen LogP contribution in [0.25, 0.3) is 0 Å². The van der Waals surface area contributed by atoms with Crippen LogP contribution in [0.15, 0.2) is 22.7 Å². The molecule has 0 saturated heterocycles. The predicted molar refractivity (Wildman–Crippen MR) is 89.3 cm³/mol. The molecule has 5 nitrogen and oxygen atoms in total. The number of hydrogen-bond acceptors (Lipinski definition) is 5. The molecule has 2 aromatic rings. The number of carbonyl (C=O) groups is 1. The molecule has 1 fully saturated rings. The Bertz CT molecular complexity index is 634. The predicted octanol–water partition coefficient (Wildman–Crippen LogP) is 3.21. The summed E-state index contributed by atoms with van der Waals surface area (Å²) in [6.45, 7) is 4.96. The molecule has 1 aliphatic rings. The molecule has 1 aliphatic carbocycles. The van der Waals surface area contributed by atoms with E-state index in [1.54, 1.807) is 11.3 Å². The summed E-state index contributed by atoms with van der Waals surface area (Å²) in [6, 6.07) is 4.10. The van der Waals surface area contributed by atoms with E-state index < -0.39 is 0 Å². The lowest BCUT2D eigenvalue weighted by Crippen LogP contribution is -2.27. The lowest BCUT2D eigenvalue weighted by molar-refractivity contribution is -0.119. The molecule has 1 N–H and O–H groups in total. The summed E-state index contributed by atoms with van der Waals surface area (Å²) in [5.74, 6) is 2.06. The van der Waals surface area contributed by atoms with Crippen molar-refractivity contribution in [2.75, 3.05) is 5.75 Å². The highest BCUT2D eigenvalue weighted by atomic mass is 32.2. The molecular formula is C15H20N4OS2. The van der Waals surface area contributed by atoms with Crippen LogP contribution >= 0.6 is 23.1 Å². The lowest BCUT2D eigenvalue weighted by atomic mass is 10.3. The van der Waals surface area contributed by atoms with Gasteiger partial charge in [-0.3, -0.25) is 4.79 Å². The number of nitrogens with one attached hydrogen (secondary N) is 1. The Labute approximate surface area is 138 Å².